The number of hydrogen-bond acceptors (Lipinski definition) is 1. The summed E-state index contributed by atoms with van der Waals surface area (Å²) in [5, 5.41) is 1.06. The van der Waals surface area contributed by atoms with Crippen LogP contribution < -0.4 is 21.9 Å². The van der Waals surface area contributed by atoms with Crippen LogP contribution in [0.15, 0.2) is 24.6 Å². The van der Waals surface area contributed by atoms with E-state index < -0.39 is 0 Å². The van der Waals surface area contributed by atoms with E-state index in [1.165, 1.54) is 17.7 Å². The summed E-state index contributed by atoms with van der Waals surface area (Å²) in [5.74, 6) is 0.0965. The van der Waals surface area contributed by atoms with Crippen LogP contribution in [0.3, 0.4) is 0 Å². The highest BCUT2D eigenvalue weighted by atomic mass is 79.9. The normalized spacial score (nSPS) is 15.9. The Hall–Kier alpha value is 0.0700. The highest BCUT2D eigenvalue weighted by molar-refractivity contribution is 9.09. The zero-order valence-corrected chi connectivity index (χ0v) is 10.5. The molecule has 1 heterocycles. The summed E-state index contributed by atoms with van der Waals surface area (Å²) in [4.78, 5) is 12.0. The fourth-order valence-electron chi connectivity index (χ4n) is 1.08. The molecule has 0 fully saturated rings. The van der Waals surface area contributed by atoms with Crippen molar-refractivity contribution in [2.75, 3.05) is 11.9 Å². The van der Waals surface area contributed by atoms with Gasteiger partial charge >= 0.3 is 0 Å². The standard InChI is InChI=1S/C9H12BrNO.BrH/c10-5-1-2-6-11-7-3-9(12)4-8-11;/h3-4,7-8H,1-2,5-6H2;1H. The van der Waals surface area contributed by atoms with E-state index in [4.69, 9.17) is 0 Å². The van der Waals surface area contributed by atoms with Gasteiger partial charge in [-0.3, -0.25) is 9.69 Å². The summed E-state index contributed by atoms with van der Waals surface area (Å²) in [6.07, 6.45) is 9.46. The first-order chi connectivity index (χ1) is 5.83. The summed E-state index contributed by atoms with van der Waals surface area (Å²) in [7, 11) is 0. The van der Waals surface area contributed by atoms with Crippen LogP contribution in [0.1, 0.15) is 12.8 Å². The van der Waals surface area contributed by atoms with Gasteiger partial charge in [0, 0.05) is 17.5 Å². The first kappa shape index (κ1) is 13.1. The third kappa shape index (κ3) is 5.39. The average molecular weight is 311 g/mol. The molecule has 0 saturated heterocycles. The first-order valence-electron chi connectivity index (χ1n) is 4.15. The molecule has 1 rings (SSSR count). The third-order valence-corrected chi connectivity index (χ3v) is 2.33. The second-order valence-corrected chi connectivity index (χ2v) is 3.58. The Balaban J connectivity index is 0.00000144. The Morgan fingerprint density at radius 3 is 2.38 bits per heavy atom. The SMILES string of the molecule is O=C1C=C[NH+](CCCCBr)C=C1.[Br-]. The Kier molecular flexibility index (Phi) is 7.51. The summed E-state index contributed by atoms with van der Waals surface area (Å²) >= 11 is 3.38. The quantitative estimate of drug-likeness (QED) is 0.456. The van der Waals surface area contributed by atoms with E-state index in [-0.39, 0.29) is 22.8 Å². The van der Waals surface area contributed by atoms with Crippen LogP contribution >= 0.6 is 15.9 Å². The minimum atomic E-state index is 0. The lowest BCUT2D eigenvalue weighted by Crippen LogP contribution is -3.03. The summed E-state index contributed by atoms with van der Waals surface area (Å²) < 4.78 is 0. The number of allylic oxidation sites excluding steroid dienone is 2. The molecule has 0 spiro atoms. The van der Waals surface area contributed by atoms with Gasteiger partial charge < -0.3 is 17.0 Å². The second-order valence-electron chi connectivity index (χ2n) is 2.79. The van der Waals surface area contributed by atoms with E-state index >= 15 is 0 Å². The number of ketones is 1. The van der Waals surface area contributed by atoms with Gasteiger partial charge in [0.2, 0.25) is 0 Å². The molecule has 0 unspecified atom stereocenters. The minimum absolute atomic E-state index is 0. The summed E-state index contributed by atoms with van der Waals surface area (Å²) in [6, 6.07) is 0. The van der Waals surface area contributed by atoms with Crippen molar-refractivity contribution in [1.82, 2.24) is 0 Å². The predicted molar refractivity (Wildman–Crippen MR) is 52.1 cm³/mol. The van der Waals surface area contributed by atoms with Crippen molar-refractivity contribution in [3.05, 3.63) is 24.6 Å². The molecule has 1 N–H and O–H groups in total. The maximum atomic E-state index is 10.7. The van der Waals surface area contributed by atoms with Gasteiger partial charge in [0.15, 0.2) is 5.78 Å². The maximum absolute atomic E-state index is 10.7. The molecule has 0 aromatic rings. The number of quaternary nitrogens is 1. The largest absolute Gasteiger partial charge is 1.00 e. The lowest BCUT2D eigenvalue weighted by Gasteiger charge is -2.10. The van der Waals surface area contributed by atoms with Crippen LogP contribution in [-0.2, 0) is 4.79 Å². The zero-order chi connectivity index (χ0) is 8.81. The number of alkyl halides is 1. The van der Waals surface area contributed by atoms with Crippen molar-refractivity contribution in [2.45, 2.75) is 12.8 Å². The van der Waals surface area contributed by atoms with Crippen LogP contribution in [0.5, 0.6) is 0 Å². The Morgan fingerprint density at radius 1 is 1.23 bits per heavy atom. The minimum Gasteiger partial charge on any atom is -1.00 e. The number of unbranched alkanes of at least 4 members (excludes halogenated alkanes) is 1. The lowest BCUT2D eigenvalue weighted by molar-refractivity contribution is -0.790. The number of rotatable bonds is 4. The maximum Gasteiger partial charge on any atom is 0.189 e. The van der Waals surface area contributed by atoms with Crippen LogP contribution in [0, 0.1) is 0 Å². The van der Waals surface area contributed by atoms with Crippen molar-refractivity contribution in [2.24, 2.45) is 0 Å². The van der Waals surface area contributed by atoms with Gasteiger partial charge in [-0.2, -0.15) is 0 Å². The molecule has 0 amide bonds. The van der Waals surface area contributed by atoms with Crippen LogP contribution in [0.4, 0.5) is 0 Å². The molecule has 0 aliphatic carbocycles. The highest BCUT2D eigenvalue weighted by Crippen LogP contribution is 1.91. The van der Waals surface area contributed by atoms with Gasteiger partial charge in [0.1, 0.15) is 12.4 Å². The third-order valence-electron chi connectivity index (χ3n) is 1.77. The Labute approximate surface area is 97.6 Å². The number of carbonyl (C=O) groups is 1. The lowest BCUT2D eigenvalue weighted by atomic mass is 10.3. The van der Waals surface area contributed by atoms with E-state index in [9.17, 15) is 4.79 Å². The molecule has 0 atom stereocenters. The second kappa shape index (κ2) is 7.47. The molecular weight excluding hydrogens is 298 g/mol. The van der Waals surface area contributed by atoms with Gasteiger partial charge in [-0.25, -0.2) is 0 Å². The number of halogens is 2. The number of nitrogens with one attached hydrogen (secondary N) is 1. The van der Waals surface area contributed by atoms with Gasteiger partial charge in [-0.05, 0) is 12.8 Å². The van der Waals surface area contributed by atoms with Crippen LogP contribution in [-0.4, -0.2) is 17.7 Å². The van der Waals surface area contributed by atoms with Gasteiger partial charge in [0.25, 0.3) is 0 Å². The number of carbonyl (C=O) groups excluding carboxylic acids is 1. The molecule has 0 radical (unpaired) electrons. The van der Waals surface area contributed by atoms with Crippen molar-refractivity contribution in [3.63, 3.8) is 0 Å². The first-order valence-corrected chi connectivity index (χ1v) is 5.27. The molecule has 74 valence electrons. The van der Waals surface area contributed by atoms with Crippen molar-refractivity contribution < 1.29 is 26.7 Å². The van der Waals surface area contributed by atoms with Crippen molar-refractivity contribution in [1.29, 1.82) is 0 Å². The van der Waals surface area contributed by atoms with E-state index in [1.54, 1.807) is 12.2 Å². The smallest absolute Gasteiger partial charge is 0.189 e. The fourth-order valence-corrected chi connectivity index (χ4v) is 1.48. The molecule has 1 aliphatic heterocycles. The molecule has 0 saturated carbocycles. The summed E-state index contributed by atoms with van der Waals surface area (Å²) in [5.41, 5.74) is 0. The molecule has 0 aromatic carbocycles. The molecule has 2 nitrogen and oxygen atoms in total. The Morgan fingerprint density at radius 2 is 1.85 bits per heavy atom. The van der Waals surface area contributed by atoms with E-state index in [0.717, 1.165) is 11.9 Å². The van der Waals surface area contributed by atoms with E-state index in [1.807, 2.05) is 12.4 Å². The van der Waals surface area contributed by atoms with E-state index in [0.29, 0.717) is 0 Å². The van der Waals surface area contributed by atoms with Crippen LogP contribution in [0.25, 0.3) is 0 Å². The van der Waals surface area contributed by atoms with E-state index in [2.05, 4.69) is 15.9 Å². The molecule has 0 aromatic heterocycles. The number of hydrogen-bond donors (Lipinski definition) is 1. The molecule has 4 heteroatoms. The van der Waals surface area contributed by atoms with Gasteiger partial charge in [-0.1, -0.05) is 15.9 Å². The molecular formula is C9H13Br2NO. The molecule has 0 bridgehead atoms. The fraction of sp³-hybridized carbons (Fsp3) is 0.444. The molecule has 1 aliphatic rings. The summed E-state index contributed by atoms with van der Waals surface area (Å²) in [6.45, 7) is 1.08. The Bertz CT molecular complexity index is 198. The van der Waals surface area contributed by atoms with Crippen molar-refractivity contribution in [3.8, 4) is 0 Å². The topological polar surface area (TPSA) is 21.5 Å². The average Bonchev–Trinajstić information content (AvgIpc) is 2.09. The molecule has 13 heavy (non-hydrogen) atoms. The van der Waals surface area contributed by atoms with Gasteiger partial charge in [-0.15, -0.1) is 0 Å². The van der Waals surface area contributed by atoms with Crippen molar-refractivity contribution >= 4 is 21.7 Å². The monoisotopic (exact) mass is 309 g/mol. The van der Waals surface area contributed by atoms with Crippen LogP contribution in [0.2, 0.25) is 0 Å². The highest BCUT2D eigenvalue weighted by Gasteiger charge is 2.06. The van der Waals surface area contributed by atoms with Gasteiger partial charge in [0.05, 0.1) is 6.54 Å². The zero-order valence-electron chi connectivity index (χ0n) is 7.30. The predicted octanol–water partition coefficient (Wildman–Crippen LogP) is -2.34.